The van der Waals surface area contributed by atoms with Crippen molar-refractivity contribution in [2.75, 3.05) is 17.4 Å². The molecule has 2 amide bonds. The van der Waals surface area contributed by atoms with E-state index in [2.05, 4.69) is 5.32 Å². The Morgan fingerprint density at radius 2 is 2.00 bits per heavy atom. The van der Waals surface area contributed by atoms with E-state index in [1.807, 2.05) is 10.8 Å². The monoisotopic (exact) mass is 400 g/mol. The molecule has 0 radical (unpaired) electrons. The maximum Gasteiger partial charge on any atom is 0.326 e. The Kier molecular flexibility index (Phi) is 5.19. The minimum Gasteiger partial charge on any atom is -0.506 e. The summed E-state index contributed by atoms with van der Waals surface area (Å²) in [5, 5.41) is 21.3. The van der Waals surface area contributed by atoms with Gasteiger partial charge in [-0.05, 0) is 35.4 Å². The van der Waals surface area contributed by atoms with Crippen LogP contribution in [0, 0.1) is 11.3 Å². The summed E-state index contributed by atoms with van der Waals surface area (Å²) in [7, 11) is -4.06. The molecule has 0 spiro atoms. The second-order valence-corrected chi connectivity index (χ2v) is 7.58. The zero-order valence-corrected chi connectivity index (χ0v) is 15.4. The maximum atomic E-state index is 12.2. The minimum absolute atomic E-state index is 0.0419. The van der Waals surface area contributed by atoms with Crippen LogP contribution in [0.4, 0.5) is 5.69 Å². The van der Waals surface area contributed by atoms with E-state index in [1.54, 1.807) is 30.3 Å². The Bertz CT molecular complexity index is 1090. The summed E-state index contributed by atoms with van der Waals surface area (Å²) in [4.78, 5) is 23.6. The topological polar surface area (TPSA) is 140 Å². The van der Waals surface area contributed by atoms with E-state index < -0.39 is 22.7 Å². The highest BCUT2D eigenvalue weighted by Crippen LogP contribution is 2.35. The number of rotatable bonds is 5. The van der Waals surface area contributed by atoms with Gasteiger partial charge in [0.15, 0.2) is 0 Å². The smallest absolute Gasteiger partial charge is 0.326 e. The fraction of sp³-hybridized carbons (Fsp3) is 0.167. The summed E-state index contributed by atoms with van der Waals surface area (Å²) in [6.45, 7) is -0.197. The molecule has 0 bridgehead atoms. The standard InChI is InChI=1S/C18H16N4O5S/c19-7-2-8-20-18(25)14-4-1-3-12(9-14)13-5-6-16(23)15(10-13)22-11-17(24)21-28(22,26)27/h1,3-6,9-10,23H,2,8,11H2,(H,20,25)(H,21,24). The van der Waals surface area contributed by atoms with Crippen molar-refractivity contribution in [2.45, 2.75) is 6.42 Å². The zero-order chi connectivity index (χ0) is 20.3. The van der Waals surface area contributed by atoms with Crippen molar-refractivity contribution in [1.29, 1.82) is 5.26 Å². The predicted octanol–water partition coefficient (Wildman–Crippen LogP) is 0.884. The van der Waals surface area contributed by atoms with Gasteiger partial charge in [-0.2, -0.15) is 13.7 Å². The number of aromatic hydroxyl groups is 1. The summed E-state index contributed by atoms with van der Waals surface area (Å²) in [6, 6.07) is 12.9. The van der Waals surface area contributed by atoms with E-state index >= 15 is 0 Å². The number of amides is 2. The number of carbonyl (C=O) groups excluding carboxylic acids is 2. The van der Waals surface area contributed by atoms with Gasteiger partial charge in [0, 0.05) is 12.1 Å². The fourth-order valence-corrected chi connectivity index (χ4v) is 3.89. The molecule has 1 aliphatic rings. The molecular weight excluding hydrogens is 384 g/mol. The molecule has 144 valence electrons. The molecule has 3 rings (SSSR count). The summed E-state index contributed by atoms with van der Waals surface area (Å²) >= 11 is 0. The first kappa shape index (κ1) is 19.2. The number of anilines is 1. The predicted molar refractivity (Wildman–Crippen MR) is 101 cm³/mol. The quantitative estimate of drug-likeness (QED) is 0.637. The summed E-state index contributed by atoms with van der Waals surface area (Å²) in [6.07, 6.45) is 0.198. The molecule has 3 N–H and O–H groups in total. The molecule has 1 fully saturated rings. The molecule has 10 heteroatoms. The molecule has 2 aromatic carbocycles. The van der Waals surface area contributed by atoms with Crippen molar-refractivity contribution < 1.29 is 23.1 Å². The molecule has 9 nitrogen and oxygen atoms in total. The number of nitrogens with one attached hydrogen (secondary N) is 2. The second-order valence-electron chi connectivity index (χ2n) is 5.99. The van der Waals surface area contributed by atoms with Crippen LogP contribution in [0.3, 0.4) is 0 Å². The van der Waals surface area contributed by atoms with Crippen molar-refractivity contribution in [2.24, 2.45) is 0 Å². The van der Waals surface area contributed by atoms with E-state index in [4.69, 9.17) is 5.26 Å². The van der Waals surface area contributed by atoms with Gasteiger partial charge >= 0.3 is 10.2 Å². The Morgan fingerprint density at radius 1 is 1.25 bits per heavy atom. The summed E-state index contributed by atoms with van der Waals surface area (Å²) in [5.41, 5.74) is 1.49. The van der Waals surface area contributed by atoms with E-state index in [0.29, 0.717) is 16.7 Å². The maximum absolute atomic E-state index is 12.2. The van der Waals surface area contributed by atoms with Crippen LogP contribution in [0.15, 0.2) is 42.5 Å². The van der Waals surface area contributed by atoms with Crippen molar-refractivity contribution in [3.05, 3.63) is 48.0 Å². The first-order valence-corrected chi connectivity index (χ1v) is 9.68. The van der Waals surface area contributed by atoms with Gasteiger partial charge in [-0.25, -0.2) is 9.03 Å². The van der Waals surface area contributed by atoms with Gasteiger partial charge < -0.3 is 10.4 Å². The molecule has 1 heterocycles. The fourth-order valence-electron chi connectivity index (χ4n) is 2.74. The average Bonchev–Trinajstić information content (AvgIpc) is 2.94. The SMILES string of the molecule is N#CCCNC(=O)c1cccc(-c2ccc(O)c(N3CC(=O)NS3(=O)=O)c2)c1. The lowest BCUT2D eigenvalue weighted by molar-refractivity contribution is -0.117. The van der Waals surface area contributed by atoms with Gasteiger partial charge in [0.2, 0.25) is 0 Å². The third-order valence-corrected chi connectivity index (χ3v) is 5.44. The summed E-state index contributed by atoms with van der Waals surface area (Å²) < 4.78 is 26.7. The number of carbonyl (C=O) groups is 2. The van der Waals surface area contributed by atoms with Crippen LogP contribution in [-0.2, 0) is 15.0 Å². The van der Waals surface area contributed by atoms with Crippen molar-refractivity contribution >= 4 is 27.7 Å². The van der Waals surface area contributed by atoms with Crippen LogP contribution in [0.25, 0.3) is 11.1 Å². The van der Waals surface area contributed by atoms with Gasteiger partial charge in [0.1, 0.15) is 12.3 Å². The largest absolute Gasteiger partial charge is 0.506 e. The van der Waals surface area contributed by atoms with Crippen LogP contribution in [0.1, 0.15) is 16.8 Å². The minimum atomic E-state index is -4.06. The molecule has 0 aromatic heterocycles. The molecule has 0 unspecified atom stereocenters. The van der Waals surface area contributed by atoms with Crippen molar-refractivity contribution in [3.8, 4) is 22.9 Å². The lowest BCUT2D eigenvalue weighted by Gasteiger charge is -2.17. The Hall–Kier alpha value is -3.58. The normalized spacial score (nSPS) is 15.0. The third kappa shape index (κ3) is 3.89. The first-order valence-electron chi connectivity index (χ1n) is 8.24. The Balaban J connectivity index is 1.93. The number of hydrogen-bond acceptors (Lipinski definition) is 6. The van der Waals surface area contributed by atoms with E-state index in [0.717, 1.165) is 4.31 Å². The van der Waals surface area contributed by atoms with Gasteiger partial charge in [0.05, 0.1) is 18.2 Å². The molecule has 0 saturated carbocycles. The molecule has 1 aliphatic heterocycles. The highest BCUT2D eigenvalue weighted by Gasteiger charge is 2.35. The zero-order valence-electron chi connectivity index (χ0n) is 14.5. The first-order chi connectivity index (χ1) is 13.3. The Morgan fingerprint density at radius 3 is 2.68 bits per heavy atom. The number of phenols is 1. The molecule has 0 aliphatic carbocycles. The Labute approximate surface area is 161 Å². The number of hydrogen-bond donors (Lipinski definition) is 3. The van der Waals surface area contributed by atoms with Crippen molar-refractivity contribution in [1.82, 2.24) is 10.0 Å². The van der Waals surface area contributed by atoms with E-state index in [9.17, 15) is 23.1 Å². The highest BCUT2D eigenvalue weighted by atomic mass is 32.2. The molecule has 1 saturated heterocycles. The van der Waals surface area contributed by atoms with Crippen LogP contribution >= 0.6 is 0 Å². The summed E-state index contributed by atoms with van der Waals surface area (Å²) in [5.74, 6) is -1.33. The van der Waals surface area contributed by atoms with Crippen LogP contribution in [-0.4, -0.2) is 38.4 Å². The van der Waals surface area contributed by atoms with Gasteiger partial charge in [-0.3, -0.25) is 9.59 Å². The van der Waals surface area contributed by atoms with Gasteiger partial charge in [-0.1, -0.05) is 18.2 Å². The second kappa shape index (κ2) is 7.58. The molecular formula is C18H16N4O5S. The van der Waals surface area contributed by atoms with Gasteiger partial charge in [0.25, 0.3) is 11.8 Å². The molecule has 28 heavy (non-hydrogen) atoms. The van der Waals surface area contributed by atoms with E-state index in [1.165, 1.54) is 12.1 Å². The lowest BCUT2D eigenvalue weighted by Crippen LogP contribution is -2.29. The highest BCUT2D eigenvalue weighted by molar-refractivity contribution is 7.92. The lowest BCUT2D eigenvalue weighted by atomic mass is 10.0. The number of phenolic OH excluding ortho intramolecular Hbond substituents is 1. The number of nitriles is 1. The average molecular weight is 400 g/mol. The third-order valence-electron chi connectivity index (χ3n) is 4.04. The van der Waals surface area contributed by atoms with Crippen LogP contribution in [0.2, 0.25) is 0 Å². The van der Waals surface area contributed by atoms with Crippen LogP contribution < -0.4 is 14.3 Å². The molecule has 0 atom stereocenters. The van der Waals surface area contributed by atoms with E-state index in [-0.39, 0.29) is 30.3 Å². The number of nitrogens with zero attached hydrogens (tertiary/aromatic N) is 2. The van der Waals surface area contributed by atoms with Gasteiger partial charge in [-0.15, -0.1) is 0 Å². The van der Waals surface area contributed by atoms with Crippen LogP contribution in [0.5, 0.6) is 5.75 Å². The number of benzene rings is 2. The van der Waals surface area contributed by atoms with Crippen molar-refractivity contribution in [3.63, 3.8) is 0 Å². The molecule has 2 aromatic rings.